The van der Waals surface area contributed by atoms with E-state index in [2.05, 4.69) is 11.4 Å². The zero-order valence-corrected chi connectivity index (χ0v) is 10.8. The molecule has 2 aliphatic rings. The van der Waals surface area contributed by atoms with Crippen molar-refractivity contribution in [2.45, 2.75) is 37.8 Å². The van der Waals surface area contributed by atoms with E-state index in [1.807, 2.05) is 14.0 Å². The normalized spacial score (nSPS) is 25.2. The molecule has 1 unspecified atom stereocenters. The van der Waals surface area contributed by atoms with Crippen molar-refractivity contribution in [1.82, 2.24) is 5.32 Å². The van der Waals surface area contributed by atoms with E-state index >= 15 is 0 Å². The van der Waals surface area contributed by atoms with Gasteiger partial charge < -0.3 is 19.5 Å². The Morgan fingerprint density at radius 2 is 2.18 bits per heavy atom. The minimum atomic E-state index is -0.169. The number of nitrogens with one attached hydrogen (secondary N) is 1. The molecule has 0 aromatic rings. The lowest BCUT2D eigenvalue weighted by atomic mass is 9.84. The standard InChI is InChI=1S/C13H23NO3/c1-3-17-13(6-9-15-10-7-13)12(14-2)11-5-4-8-16-11/h5,12,14H,3-4,6-10H2,1-2H3. The average molecular weight is 241 g/mol. The fourth-order valence-corrected chi connectivity index (χ4v) is 2.82. The second-order valence-corrected chi connectivity index (χ2v) is 4.58. The van der Waals surface area contributed by atoms with Crippen molar-refractivity contribution >= 4 is 0 Å². The van der Waals surface area contributed by atoms with Crippen LogP contribution in [0.5, 0.6) is 0 Å². The lowest BCUT2D eigenvalue weighted by molar-refractivity contribution is -0.125. The van der Waals surface area contributed by atoms with Crippen molar-refractivity contribution in [1.29, 1.82) is 0 Å². The van der Waals surface area contributed by atoms with E-state index in [0.717, 1.165) is 51.4 Å². The molecule has 1 N–H and O–H groups in total. The maximum atomic E-state index is 6.07. The van der Waals surface area contributed by atoms with E-state index in [9.17, 15) is 0 Å². The maximum absolute atomic E-state index is 6.07. The smallest absolute Gasteiger partial charge is 0.112 e. The fourth-order valence-electron chi connectivity index (χ4n) is 2.82. The highest BCUT2D eigenvalue weighted by Crippen LogP contribution is 2.34. The van der Waals surface area contributed by atoms with Crippen LogP contribution < -0.4 is 5.32 Å². The maximum Gasteiger partial charge on any atom is 0.112 e. The predicted molar refractivity (Wildman–Crippen MR) is 65.9 cm³/mol. The topological polar surface area (TPSA) is 39.7 Å². The number of hydrogen-bond donors (Lipinski definition) is 1. The molecular formula is C13H23NO3. The summed E-state index contributed by atoms with van der Waals surface area (Å²) >= 11 is 0. The molecular weight excluding hydrogens is 218 g/mol. The van der Waals surface area contributed by atoms with Crippen LogP contribution in [0.2, 0.25) is 0 Å². The second-order valence-electron chi connectivity index (χ2n) is 4.58. The second kappa shape index (κ2) is 5.85. The van der Waals surface area contributed by atoms with Crippen molar-refractivity contribution in [3.8, 4) is 0 Å². The monoisotopic (exact) mass is 241 g/mol. The fraction of sp³-hybridized carbons (Fsp3) is 0.846. The zero-order valence-electron chi connectivity index (χ0n) is 10.8. The third-order valence-corrected chi connectivity index (χ3v) is 3.60. The Kier molecular flexibility index (Phi) is 4.42. The van der Waals surface area contributed by atoms with Crippen LogP contribution in [0.1, 0.15) is 26.2 Å². The van der Waals surface area contributed by atoms with Gasteiger partial charge in [-0.3, -0.25) is 0 Å². The molecule has 0 radical (unpaired) electrons. The first-order valence-electron chi connectivity index (χ1n) is 6.54. The Morgan fingerprint density at radius 3 is 2.71 bits per heavy atom. The summed E-state index contributed by atoms with van der Waals surface area (Å²) in [6.45, 7) is 5.11. The summed E-state index contributed by atoms with van der Waals surface area (Å²) in [7, 11) is 1.98. The van der Waals surface area contributed by atoms with E-state index in [4.69, 9.17) is 14.2 Å². The molecule has 0 aromatic carbocycles. The van der Waals surface area contributed by atoms with Crippen LogP contribution in [-0.2, 0) is 14.2 Å². The first-order chi connectivity index (χ1) is 8.32. The zero-order chi connectivity index (χ0) is 12.1. The van der Waals surface area contributed by atoms with E-state index in [1.54, 1.807) is 0 Å². The van der Waals surface area contributed by atoms with Crippen LogP contribution in [0.15, 0.2) is 11.8 Å². The number of likely N-dealkylation sites (N-methyl/N-ethyl adjacent to an activating group) is 1. The van der Waals surface area contributed by atoms with E-state index in [-0.39, 0.29) is 11.6 Å². The van der Waals surface area contributed by atoms with Crippen LogP contribution in [0, 0.1) is 0 Å². The summed E-state index contributed by atoms with van der Waals surface area (Å²) in [6, 6.07) is 0.147. The quantitative estimate of drug-likeness (QED) is 0.791. The Hall–Kier alpha value is -0.580. The highest BCUT2D eigenvalue weighted by molar-refractivity contribution is 5.15. The molecule has 2 heterocycles. The molecule has 4 nitrogen and oxygen atoms in total. The molecule has 2 aliphatic heterocycles. The Labute approximate surface area is 103 Å². The highest BCUT2D eigenvalue weighted by Gasteiger charge is 2.43. The minimum Gasteiger partial charge on any atom is -0.496 e. The van der Waals surface area contributed by atoms with Crippen LogP contribution in [0.4, 0.5) is 0 Å². The Balaban J connectivity index is 2.16. The average Bonchev–Trinajstić information content (AvgIpc) is 2.85. The Morgan fingerprint density at radius 1 is 1.41 bits per heavy atom. The third-order valence-electron chi connectivity index (χ3n) is 3.60. The SMILES string of the molecule is CCOC1(C(NC)C2=CCCO2)CCOCC1. The van der Waals surface area contributed by atoms with Gasteiger partial charge in [0, 0.05) is 39.1 Å². The summed E-state index contributed by atoms with van der Waals surface area (Å²) in [6.07, 6.45) is 5.03. The molecule has 0 bridgehead atoms. The molecule has 1 saturated heterocycles. The third kappa shape index (κ3) is 2.64. The molecule has 17 heavy (non-hydrogen) atoms. The van der Waals surface area contributed by atoms with Gasteiger partial charge in [0.25, 0.3) is 0 Å². The molecule has 0 spiro atoms. The highest BCUT2D eigenvalue weighted by atomic mass is 16.5. The van der Waals surface area contributed by atoms with E-state index in [1.165, 1.54) is 0 Å². The van der Waals surface area contributed by atoms with Gasteiger partial charge in [0.2, 0.25) is 0 Å². The van der Waals surface area contributed by atoms with Gasteiger partial charge in [-0.2, -0.15) is 0 Å². The van der Waals surface area contributed by atoms with Crippen molar-refractivity contribution in [3.05, 3.63) is 11.8 Å². The first-order valence-corrected chi connectivity index (χ1v) is 6.54. The lowest BCUT2D eigenvalue weighted by Gasteiger charge is -2.43. The van der Waals surface area contributed by atoms with Gasteiger partial charge in [0.05, 0.1) is 18.2 Å². The largest absolute Gasteiger partial charge is 0.496 e. The predicted octanol–water partition coefficient (Wildman–Crippen LogP) is 1.46. The number of hydrogen-bond acceptors (Lipinski definition) is 4. The van der Waals surface area contributed by atoms with Crippen LogP contribution in [0.3, 0.4) is 0 Å². The molecule has 0 aromatic heterocycles. The molecule has 0 aliphatic carbocycles. The molecule has 2 rings (SSSR count). The number of rotatable bonds is 5. The van der Waals surface area contributed by atoms with Gasteiger partial charge in [-0.25, -0.2) is 0 Å². The summed E-state index contributed by atoms with van der Waals surface area (Å²) in [5, 5.41) is 3.37. The van der Waals surface area contributed by atoms with Gasteiger partial charge in [0.15, 0.2) is 0 Å². The molecule has 0 amide bonds. The first kappa shape index (κ1) is 12.9. The molecule has 1 fully saturated rings. The van der Waals surface area contributed by atoms with Crippen molar-refractivity contribution in [2.24, 2.45) is 0 Å². The molecule has 1 atom stereocenters. The van der Waals surface area contributed by atoms with E-state index in [0.29, 0.717) is 0 Å². The van der Waals surface area contributed by atoms with Crippen LogP contribution in [-0.4, -0.2) is 45.1 Å². The summed E-state index contributed by atoms with van der Waals surface area (Å²) < 4.78 is 17.2. The van der Waals surface area contributed by atoms with Gasteiger partial charge in [0.1, 0.15) is 5.76 Å². The van der Waals surface area contributed by atoms with E-state index < -0.39 is 0 Å². The Bertz CT molecular complexity index is 266. The molecule has 0 saturated carbocycles. The summed E-state index contributed by atoms with van der Waals surface area (Å²) in [5.74, 6) is 1.04. The van der Waals surface area contributed by atoms with Crippen molar-refractivity contribution < 1.29 is 14.2 Å². The van der Waals surface area contributed by atoms with Crippen LogP contribution in [0.25, 0.3) is 0 Å². The molecule has 4 heteroatoms. The van der Waals surface area contributed by atoms with Crippen molar-refractivity contribution in [3.63, 3.8) is 0 Å². The van der Waals surface area contributed by atoms with Gasteiger partial charge in [-0.1, -0.05) is 0 Å². The van der Waals surface area contributed by atoms with Crippen LogP contribution >= 0.6 is 0 Å². The summed E-state index contributed by atoms with van der Waals surface area (Å²) in [4.78, 5) is 0. The lowest BCUT2D eigenvalue weighted by Crippen LogP contribution is -2.55. The van der Waals surface area contributed by atoms with Gasteiger partial charge in [-0.05, 0) is 20.0 Å². The van der Waals surface area contributed by atoms with Gasteiger partial charge in [-0.15, -0.1) is 0 Å². The number of ether oxygens (including phenoxy) is 3. The minimum absolute atomic E-state index is 0.147. The molecule has 98 valence electrons. The summed E-state index contributed by atoms with van der Waals surface area (Å²) in [5.41, 5.74) is -0.169. The van der Waals surface area contributed by atoms with Gasteiger partial charge >= 0.3 is 0 Å². The van der Waals surface area contributed by atoms with Crippen molar-refractivity contribution in [2.75, 3.05) is 33.5 Å².